The molecule has 0 unspecified atom stereocenters. The van der Waals surface area contributed by atoms with Gasteiger partial charge in [0.2, 0.25) is 17.7 Å². The molecular formula is C20H25N3O3. The summed E-state index contributed by atoms with van der Waals surface area (Å²) < 4.78 is 0. The molecule has 138 valence electrons. The van der Waals surface area contributed by atoms with Crippen LogP contribution in [0.1, 0.15) is 38.7 Å². The molecular weight excluding hydrogens is 330 g/mol. The summed E-state index contributed by atoms with van der Waals surface area (Å²) in [5.74, 6) is 0.0715. The van der Waals surface area contributed by atoms with Crippen molar-refractivity contribution in [3.63, 3.8) is 0 Å². The Morgan fingerprint density at radius 1 is 1.19 bits per heavy atom. The van der Waals surface area contributed by atoms with Crippen LogP contribution in [0.15, 0.2) is 18.2 Å². The third-order valence-corrected chi connectivity index (χ3v) is 5.39. The summed E-state index contributed by atoms with van der Waals surface area (Å²) in [4.78, 5) is 40.6. The molecule has 1 saturated carbocycles. The molecule has 2 fully saturated rings. The maximum absolute atomic E-state index is 12.4. The number of hydrogen-bond donors (Lipinski definition) is 1. The monoisotopic (exact) mass is 355 g/mol. The first kappa shape index (κ1) is 17.1. The predicted molar refractivity (Wildman–Crippen MR) is 99.0 cm³/mol. The SMILES string of the molecule is CC(C)NC(=O)[C@H]1CC(=O)N(c2ccc3c(c2)CCN3C(=O)C2CC2)C1. The average molecular weight is 355 g/mol. The van der Waals surface area contributed by atoms with E-state index in [-0.39, 0.29) is 42.0 Å². The van der Waals surface area contributed by atoms with Gasteiger partial charge in [0.15, 0.2) is 0 Å². The summed E-state index contributed by atoms with van der Waals surface area (Å²) >= 11 is 0. The van der Waals surface area contributed by atoms with E-state index < -0.39 is 0 Å². The molecule has 1 aromatic carbocycles. The van der Waals surface area contributed by atoms with Gasteiger partial charge in [-0.15, -0.1) is 0 Å². The molecule has 2 aliphatic heterocycles. The molecule has 6 nitrogen and oxygen atoms in total. The summed E-state index contributed by atoms with van der Waals surface area (Å²) in [5.41, 5.74) is 2.92. The van der Waals surface area contributed by atoms with E-state index in [1.165, 1.54) is 0 Å². The Kier molecular flexibility index (Phi) is 4.21. The molecule has 3 aliphatic rings. The molecule has 0 bridgehead atoms. The van der Waals surface area contributed by atoms with Crippen molar-refractivity contribution in [2.75, 3.05) is 22.9 Å². The second-order valence-electron chi connectivity index (χ2n) is 7.90. The van der Waals surface area contributed by atoms with Gasteiger partial charge in [-0.1, -0.05) is 0 Å². The Morgan fingerprint density at radius 3 is 2.65 bits per heavy atom. The van der Waals surface area contributed by atoms with E-state index in [4.69, 9.17) is 0 Å². The maximum Gasteiger partial charge on any atom is 0.230 e. The quantitative estimate of drug-likeness (QED) is 0.896. The number of nitrogens with zero attached hydrogens (tertiary/aromatic N) is 2. The van der Waals surface area contributed by atoms with E-state index in [0.717, 1.165) is 42.7 Å². The highest BCUT2D eigenvalue weighted by Gasteiger charge is 2.38. The molecule has 1 saturated heterocycles. The standard InChI is InChI=1S/C20H25N3O3/c1-12(2)21-19(25)15-10-18(24)23(11-15)16-5-6-17-14(9-16)7-8-22(17)20(26)13-3-4-13/h5-6,9,12-13,15H,3-4,7-8,10-11H2,1-2H3,(H,21,25)/t15-/m0/s1. The number of fused-ring (bicyclic) bond motifs is 1. The van der Waals surface area contributed by atoms with Gasteiger partial charge in [0.05, 0.1) is 5.92 Å². The van der Waals surface area contributed by atoms with E-state index in [9.17, 15) is 14.4 Å². The smallest absolute Gasteiger partial charge is 0.230 e. The summed E-state index contributed by atoms with van der Waals surface area (Å²) in [5, 5.41) is 2.89. The number of rotatable bonds is 4. The summed E-state index contributed by atoms with van der Waals surface area (Å²) in [7, 11) is 0. The molecule has 0 spiro atoms. The Balaban J connectivity index is 1.50. The van der Waals surface area contributed by atoms with Crippen LogP contribution in [0, 0.1) is 11.8 Å². The summed E-state index contributed by atoms with van der Waals surface area (Å²) in [6.07, 6.45) is 3.08. The van der Waals surface area contributed by atoms with Crippen LogP contribution < -0.4 is 15.1 Å². The highest BCUT2D eigenvalue weighted by molar-refractivity contribution is 6.02. The Bertz CT molecular complexity index is 770. The van der Waals surface area contributed by atoms with Crippen LogP contribution in [0.4, 0.5) is 11.4 Å². The van der Waals surface area contributed by atoms with E-state index in [2.05, 4.69) is 5.32 Å². The molecule has 0 aromatic heterocycles. The van der Waals surface area contributed by atoms with Gasteiger partial charge in [-0.3, -0.25) is 14.4 Å². The number of hydrogen-bond acceptors (Lipinski definition) is 3. The molecule has 0 radical (unpaired) electrons. The molecule has 4 rings (SSSR count). The number of carbonyl (C=O) groups excluding carboxylic acids is 3. The third-order valence-electron chi connectivity index (χ3n) is 5.39. The van der Waals surface area contributed by atoms with Gasteiger partial charge in [-0.05, 0) is 56.9 Å². The Hall–Kier alpha value is -2.37. The van der Waals surface area contributed by atoms with Crippen LogP contribution in [0.3, 0.4) is 0 Å². The Morgan fingerprint density at radius 2 is 1.96 bits per heavy atom. The average Bonchev–Trinajstić information content (AvgIpc) is 3.25. The highest BCUT2D eigenvalue weighted by atomic mass is 16.2. The zero-order chi connectivity index (χ0) is 18.4. The van der Waals surface area contributed by atoms with Crippen LogP contribution >= 0.6 is 0 Å². The van der Waals surface area contributed by atoms with E-state index >= 15 is 0 Å². The number of amides is 3. The van der Waals surface area contributed by atoms with Gasteiger partial charge in [0.1, 0.15) is 0 Å². The lowest BCUT2D eigenvalue weighted by atomic mass is 10.1. The first-order valence-corrected chi connectivity index (χ1v) is 9.49. The molecule has 3 amide bonds. The van der Waals surface area contributed by atoms with Crippen LogP contribution in [-0.4, -0.2) is 36.9 Å². The van der Waals surface area contributed by atoms with Crippen molar-refractivity contribution in [3.8, 4) is 0 Å². The zero-order valence-electron chi connectivity index (χ0n) is 15.3. The molecule has 1 N–H and O–H groups in total. The van der Waals surface area contributed by atoms with Crippen molar-refractivity contribution in [2.24, 2.45) is 11.8 Å². The maximum atomic E-state index is 12.4. The fourth-order valence-corrected chi connectivity index (χ4v) is 3.87. The lowest BCUT2D eigenvalue weighted by Gasteiger charge is -2.20. The molecule has 6 heteroatoms. The van der Waals surface area contributed by atoms with Gasteiger partial charge in [-0.2, -0.15) is 0 Å². The minimum absolute atomic E-state index is 0.0160. The fourth-order valence-electron chi connectivity index (χ4n) is 3.87. The normalized spacial score (nSPS) is 22.1. The van der Waals surface area contributed by atoms with Crippen LogP contribution in [0.25, 0.3) is 0 Å². The van der Waals surface area contributed by atoms with Crippen molar-refractivity contribution in [1.82, 2.24) is 5.32 Å². The minimum atomic E-state index is -0.300. The van der Waals surface area contributed by atoms with Crippen molar-refractivity contribution >= 4 is 29.1 Å². The van der Waals surface area contributed by atoms with Gasteiger partial charge >= 0.3 is 0 Å². The fraction of sp³-hybridized carbons (Fsp3) is 0.550. The van der Waals surface area contributed by atoms with Crippen molar-refractivity contribution in [3.05, 3.63) is 23.8 Å². The Labute approximate surface area is 153 Å². The van der Waals surface area contributed by atoms with Crippen molar-refractivity contribution in [2.45, 2.75) is 45.6 Å². The number of anilines is 2. The van der Waals surface area contributed by atoms with Gasteiger partial charge in [0, 0.05) is 42.8 Å². The molecule has 1 aromatic rings. The predicted octanol–water partition coefficient (Wildman–Crippen LogP) is 1.86. The largest absolute Gasteiger partial charge is 0.354 e. The van der Waals surface area contributed by atoms with Crippen LogP contribution in [0.2, 0.25) is 0 Å². The van der Waals surface area contributed by atoms with Gasteiger partial charge < -0.3 is 15.1 Å². The first-order chi connectivity index (χ1) is 12.4. The first-order valence-electron chi connectivity index (χ1n) is 9.49. The number of nitrogens with one attached hydrogen (secondary N) is 1. The van der Waals surface area contributed by atoms with Crippen LogP contribution in [0.5, 0.6) is 0 Å². The van der Waals surface area contributed by atoms with Crippen molar-refractivity contribution < 1.29 is 14.4 Å². The van der Waals surface area contributed by atoms with Crippen molar-refractivity contribution in [1.29, 1.82) is 0 Å². The topological polar surface area (TPSA) is 69.7 Å². The van der Waals surface area contributed by atoms with Gasteiger partial charge in [-0.25, -0.2) is 0 Å². The molecule has 26 heavy (non-hydrogen) atoms. The molecule has 1 atom stereocenters. The van der Waals surface area contributed by atoms with E-state index in [1.54, 1.807) is 4.90 Å². The highest BCUT2D eigenvalue weighted by Crippen LogP contribution is 2.38. The third kappa shape index (κ3) is 3.08. The van der Waals surface area contributed by atoms with Gasteiger partial charge in [0.25, 0.3) is 0 Å². The molecule has 2 heterocycles. The minimum Gasteiger partial charge on any atom is -0.354 e. The lowest BCUT2D eigenvalue weighted by Crippen LogP contribution is -2.37. The summed E-state index contributed by atoms with van der Waals surface area (Å²) in [6.45, 7) is 4.98. The van der Waals surface area contributed by atoms with E-state index in [0.29, 0.717) is 6.54 Å². The number of carbonyl (C=O) groups is 3. The lowest BCUT2D eigenvalue weighted by molar-refractivity contribution is -0.126. The number of benzene rings is 1. The van der Waals surface area contributed by atoms with Crippen LogP contribution in [-0.2, 0) is 20.8 Å². The van der Waals surface area contributed by atoms with E-state index in [1.807, 2.05) is 36.9 Å². The summed E-state index contributed by atoms with van der Waals surface area (Å²) in [6, 6.07) is 5.93. The zero-order valence-corrected chi connectivity index (χ0v) is 15.3. The second kappa shape index (κ2) is 6.41. The molecule has 1 aliphatic carbocycles. The second-order valence-corrected chi connectivity index (χ2v) is 7.90.